The SMILES string of the molecule is Cc1c(C(F)(F)F)ccc2c1nc(Nc1c[nH]c3ccc(Cl)cc13)n2C. The van der Waals surface area contributed by atoms with E-state index in [0.717, 1.165) is 22.7 Å². The van der Waals surface area contributed by atoms with Crippen molar-refractivity contribution in [2.75, 3.05) is 5.32 Å². The Morgan fingerprint density at radius 2 is 1.96 bits per heavy atom. The number of nitrogens with zero attached hydrogens (tertiary/aromatic N) is 2. The van der Waals surface area contributed by atoms with Crippen LogP contribution in [0.4, 0.5) is 24.8 Å². The Balaban J connectivity index is 1.83. The molecule has 0 aliphatic heterocycles. The molecule has 8 heteroatoms. The van der Waals surface area contributed by atoms with Crippen molar-refractivity contribution >= 4 is 45.2 Å². The van der Waals surface area contributed by atoms with Crippen LogP contribution in [0.1, 0.15) is 11.1 Å². The standard InChI is InChI=1S/C18H14ClF3N4/c1-9-12(18(20,21)22)4-6-15-16(9)25-17(26(15)2)24-14-8-23-13-5-3-10(19)7-11(13)14/h3-8,23H,1-2H3,(H,24,25). The quantitative estimate of drug-likeness (QED) is 0.464. The molecule has 0 spiro atoms. The number of alkyl halides is 3. The zero-order valence-corrected chi connectivity index (χ0v) is 14.6. The van der Waals surface area contributed by atoms with Crippen LogP contribution in [-0.4, -0.2) is 14.5 Å². The lowest BCUT2D eigenvalue weighted by Gasteiger charge is -2.10. The van der Waals surface area contributed by atoms with Crippen molar-refractivity contribution in [1.29, 1.82) is 0 Å². The van der Waals surface area contributed by atoms with E-state index in [0.29, 0.717) is 22.0 Å². The van der Waals surface area contributed by atoms with Crippen molar-refractivity contribution in [2.24, 2.45) is 7.05 Å². The van der Waals surface area contributed by atoms with E-state index >= 15 is 0 Å². The number of aromatic nitrogens is 3. The van der Waals surface area contributed by atoms with Crippen LogP contribution in [-0.2, 0) is 13.2 Å². The minimum atomic E-state index is -4.41. The summed E-state index contributed by atoms with van der Waals surface area (Å²) in [4.78, 5) is 7.52. The molecule has 2 heterocycles. The maximum absolute atomic E-state index is 13.1. The summed E-state index contributed by atoms with van der Waals surface area (Å²) in [5.41, 5.74) is 2.02. The number of nitrogens with one attached hydrogen (secondary N) is 2. The Hall–Kier alpha value is -2.67. The van der Waals surface area contributed by atoms with Gasteiger partial charge in [-0.15, -0.1) is 0 Å². The maximum atomic E-state index is 13.1. The normalized spacial score (nSPS) is 12.2. The average Bonchev–Trinajstić information content (AvgIpc) is 3.10. The summed E-state index contributed by atoms with van der Waals surface area (Å²) in [5, 5.41) is 4.64. The van der Waals surface area contributed by atoms with Crippen LogP contribution in [0.3, 0.4) is 0 Å². The van der Waals surface area contributed by atoms with Gasteiger partial charge in [0, 0.05) is 29.2 Å². The third kappa shape index (κ3) is 2.59. The lowest BCUT2D eigenvalue weighted by atomic mass is 10.1. The van der Waals surface area contributed by atoms with Crippen LogP contribution < -0.4 is 5.32 Å². The molecule has 2 aromatic heterocycles. The van der Waals surface area contributed by atoms with Gasteiger partial charge < -0.3 is 14.9 Å². The molecular weight excluding hydrogens is 365 g/mol. The number of imidazole rings is 1. The van der Waals surface area contributed by atoms with Gasteiger partial charge in [-0.05, 0) is 42.8 Å². The molecule has 4 nitrogen and oxygen atoms in total. The molecule has 0 aliphatic rings. The van der Waals surface area contributed by atoms with Crippen LogP contribution in [0.5, 0.6) is 0 Å². The van der Waals surface area contributed by atoms with Crippen LogP contribution >= 0.6 is 11.6 Å². The Morgan fingerprint density at radius 3 is 2.69 bits per heavy atom. The highest BCUT2D eigenvalue weighted by atomic mass is 35.5. The largest absolute Gasteiger partial charge is 0.416 e. The highest BCUT2D eigenvalue weighted by Crippen LogP contribution is 2.36. The first-order valence-corrected chi connectivity index (χ1v) is 8.20. The summed E-state index contributed by atoms with van der Waals surface area (Å²) in [5.74, 6) is 0.448. The first kappa shape index (κ1) is 16.8. The highest BCUT2D eigenvalue weighted by molar-refractivity contribution is 6.31. The van der Waals surface area contributed by atoms with Crippen LogP contribution in [0.2, 0.25) is 5.02 Å². The predicted octanol–water partition coefficient (Wildman–Crippen LogP) is 5.78. The molecule has 26 heavy (non-hydrogen) atoms. The second-order valence-electron chi connectivity index (χ2n) is 6.12. The van der Waals surface area contributed by atoms with Gasteiger partial charge in [-0.3, -0.25) is 0 Å². The Morgan fingerprint density at radius 1 is 1.19 bits per heavy atom. The zero-order chi connectivity index (χ0) is 18.6. The molecule has 0 fully saturated rings. The lowest BCUT2D eigenvalue weighted by molar-refractivity contribution is -0.137. The minimum absolute atomic E-state index is 0.112. The van der Waals surface area contributed by atoms with Gasteiger partial charge in [-0.25, -0.2) is 4.98 Å². The smallest absolute Gasteiger partial charge is 0.359 e. The summed E-state index contributed by atoms with van der Waals surface area (Å²) in [6.45, 7) is 1.44. The molecule has 0 radical (unpaired) electrons. The molecule has 0 saturated heterocycles. The molecule has 0 atom stereocenters. The summed E-state index contributed by atoms with van der Waals surface area (Å²) in [6, 6.07) is 7.98. The van der Waals surface area contributed by atoms with E-state index in [4.69, 9.17) is 11.6 Å². The summed E-state index contributed by atoms with van der Waals surface area (Å²) in [6.07, 6.45) is -2.63. The lowest BCUT2D eigenvalue weighted by Crippen LogP contribution is -2.07. The molecule has 0 aliphatic carbocycles. The average molecular weight is 379 g/mol. The van der Waals surface area contributed by atoms with Crippen molar-refractivity contribution in [3.63, 3.8) is 0 Å². The summed E-state index contributed by atoms with van der Waals surface area (Å²) >= 11 is 6.06. The van der Waals surface area contributed by atoms with Crippen molar-refractivity contribution in [1.82, 2.24) is 14.5 Å². The first-order valence-electron chi connectivity index (χ1n) is 7.82. The van der Waals surface area contributed by atoms with E-state index in [9.17, 15) is 13.2 Å². The molecular formula is C18H14ClF3N4. The third-order valence-corrected chi connectivity index (χ3v) is 4.74. The van der Waals surface area contributed by atoms with Gasteiger partial charge in [-0.1, -0.05) is 11.6 Å². The molecule has 0 unspecified atom stereocenters. The number of anilines is 2. The van der Waals surface area contributed by atoms with E-state index in [-0.39, 0.29) is 5.56 Å². The molecule has 2 aromatic carbocycles. The van der Waals surface area contributed by atoms with Crippen LogP contribution in [0.25, 0.3) is 21.9 Å². The van der Waals surface area contributed by atoms with E-state index in [1.807, 2.05) is 12.1 Å². The number of H-pyrrole nitrogens is 1. The Labute approximate surface area is 151 Å². The zero-order valence-electron chi connectivity index (χ0n) is 13.9. The molecule has 2 N–H and O–H groups in total. The van der Waals surface area contributed by atoms with Crippen molar-refractivity contribution < 1.29 is 13.2 Å². The number of aryl methyl sites for hydroxylation is 2. The van der Waals surface area contributed by atoms with Gasteiger partial charge in [0.05, 0.1) is 22.3 Å². The van der Waals surface area contributed by atoms with Gasteiger partial charge in [0.15, 0.2) is 0 Å². The number of aromatic amines is 1. The van der Waals surface area contributed by atoms with Crippen LogP contribution in [0.15, 0.2) is 36.5 Å². The molecule has 0 saturated carbocycles. The van der Waals surface area contributed by atoms with Crippen molar-refractivity contribution in [3.8, 4) is 0 Å². The van der Waals surface area contributed by atoms with E-state index in [2.05, 4.69) is 15.3 Å². The number of halogens is 4. The first-order chi connectivity index (χ1) is 12.3. The number of benzene rings is 2. The second kappa shape index (κ2) is 5.67. The van der Waals surface area contributed by atoms with Gasteiger partial charge in [0.2, 0.25) is 5.95 Å². The molecule has 4 aromatic rings. The fourth-order valence-electron chi connectivity index (χ4n) is 3.13. The number of fused-ring (bicyclic) bond motifs is 2. The molecule has 134 valence electrons. The topological polar surface area (TPSA) is 45.6 Å². The van der Waals surface area contributed by atoms with E-state index in [1.165, 1.54) is 13.0 Å². The number of hydrogen-bond acceptors (Lipinski definition) is 2. The van der Waals surface area contributed by atoms with Gasteiger partial charge in [0.25, 0.3) is 0 Å². The highest BCUT2D eigenvalue weighted by Gasteiger charge is 2.33. The third-order valence-electron chi connectivity index (χ3n) is 4.50. The fourth-order valence-corrected chi connectivity index (χ4v) is 3.30. The fraction of sp³-hybridized carbons (Fsp3) is 0.167. The molecule has 0 amide bonds. The molecule has 0 bridgehead atoms. The Bertz CT molecular complexity index is 1140. The molecule has 4 rings (SSSR count). The number of hydrogen-bond donors (Lipinski definition) is 2. The van der Waals surface area contributed by atoms with Crippen molar-refractivity contribution in [2.45, 2.75) is 13.1 Å². The predicted molar refractivity (Wildman–Crippen MR) is 97.0 cm³/mol. The number of rotatable bonds is 2. The summed E-state index contributed by atoms with van der Waals surface area (Å²) in [7, 11) is 1.76. The maximum Gasteiger partial charge on any atom is 0.416 e. The van der Waals surface area contributed by atoms with Gasteiger partial charge in [-0.2, -0.15) is 13.2 Å². The van der Waals surface area contributed by atoms with E-state index in [1.54, 1.807) is 23.9 Å². The minimum Gasteiger partial charge on any atom is -0.359 e. The van der Waals surface area contributed by atoms with Crippen molar-refractivity contribution in [3.05, 3.63) is 52.7 Å². The second-order valence-corrected chi connectivity index (χ2v) is 6.55. The monoisotopic (exact) mass is 378 g/mol. The van der Waals surface area contributed by atoms with E-state index < -0.39 is 11.7 Å². The van der Waals surface area contributed by atoms with Gasteiger partial charge in [0.1, 0.15) is 0 Å². The van der Waals surface area contributed by atoms with Gasteiger partial charge >= 0.3 is 6.18 Å². The Kier molecular flexibility index (Phi) is 3.66. The van der Waals surface area contributed by atoms with Crippen LogP contribution in [0, 0.1) is 6.92 Å². The summed E-state index contributed by atoms with van der Waals surface area (Å²) < 4.78 is 41.1.